The summed E-state index contributed by atoms with van der Waals surface area (Å²) in [5, 5.41) is 14.2. The van der Waals surface area contributed by atoms with E-state index in [1.165, 1.54) is 0 Å². The van der Waals surface area contributed by atoms with E-state index in [0.717, 1.165) is 62.0 Å². The Balaban J connectivity index is 1.90. The van der Waals surface area contributed by atoms with E-state index in [1.807, 2.05) is 18.2 Å². The van der Waals surface area contributed by atoms with Crippen molar-refractivity contribution in [1.29, 1.82) is 0 Å². The highest BCUT2D eigenvalue weighted by atomic mass is 35.5. The minimum absolute atomic E-state index is 0.144. The van der Waals surface area contributed by atoms with Crippen LogP contribution in [0.3, 0.4) is 0 Å². The summed E-state index contributed by atoms with van der Waals surface area (Å²) in [6.45, 7) is 4.95. The van der Waals surface area contributed by atoms with Gasteiger partial charge in [-0.3, -0.25) is 9.88 Å². The number of likely N-dealkylation sites (N-methyl/N-ethyl adjacent to an activating group) is 1. The minimum atomic E-state index is -0.144. The number of benzene rings is 2. The zero-order valence-electron chi connectivity index (χ0n) is 18.9. The van der Waals surface area contributed by atoms with Crippen molar-refractivity contribution < 1.29 is 0 Å². The fourth-order valence-corrected chi connectivity index (χ4v) is 5.45. The topological polar surface area (TPSA) is 46.0 Å². The lowest BCUT2D eigenvalue weighted by Crippen LogP contribution is -2.28. The molecule has 170 valence electrons. The van der Waals surface area contributed by atoms with E-state index in [9.17, 15) is 0 Å². The first-order valence-electron chi connectivity index (χ1n) is 10.9. The molecule has 5 nitrogen and oxygen atoms in total. The molecule has 2 heterocycles. The predicted octanol–water partition coefficient (Wildman–Crippen LogP) is 5.76. The Bertz CT molecular complexity index is 1100. The number of aromatic nitrogens is 3. The highest BCUT2D eigenvalue weighted by Crippen LogP contribution is 2.42. The van der Waals surface area contributed by atoms with Crippen LogP contribution in [-0.4, -0.2) is 45.6 Å². The van der Waals surface area contributed by atoms with Gasteiger partial charge in [0, 0.05) is 27.9 Å². The Morgan fingerprint density at radius 1 is 1.19 bits per heavy atom. The third-order valence-corrected chi connectivity index (χ3v) is 8.08. The van der Waals surface area contributed by atoms with Gasteiger partial charge in [-0.1, -0.05) is 48.3 Å². The summed E-state index contributed by atoms with van der Waals surface area (Å²) in [5.41, 5.74) is 3.06. The number of nitrogens with zero attached hydrogens (tertiary/aromatic N) is 4. The Kier molecular flexibility index (Phi) is 7.47. The van der Waals surface area contributed by atoms with Crippen molar-refractivity contribution in [1.82, 2.24) is 25.0 Å². The molecular formula is C24H29Cl2N5S. The molecule has 2 unspecified atom stereocenters. The van der Waals surface area contributed by atoms with Crippen molar-refractivity contribution >= 4 is 35.0 Å². The smallest absolute Gasteiger partial charge is 0.151 e. The van der Waals surface area contributed by atoms with Crippen molar-refractivity contribution in [3.63, 3.8) is 0 Å². The number of fused-ring (bicyclic) bond motifs is 3. The molecule has 1 N–H and O–H groups in total. The van der Waals surface area contributed by atoms with E-state index in [1.54, 1.807) is 11.8 Å². The second kappa shape index (κ2) is 10.1. The van der Waals surface area contributed by atoms with E-state index < -0.39 is 0 Å². The molecule has 0 fully saturated rings. The van der Waals surface area contributed by atoms with Crippen LogP contribution in [0.25, 0.3) is 5.69 Å². The van der Waals surface area contributed by atoms with E-state index in [4.69, 9.17) is 23.2 Å². The summed E-state index contributed by atoms with van der Waals surface area (Å²) >= 11 is 15.5. The maximum Gasteiger partial charge on any atom is 0.151 e. The molecule has 0 aliphatic carbocycles. The summed E-state index contributed by atoms with van der Waals surface area (Å²) in [7, 11) is 4.17. The number of thioether (sulfide) groups is 1. The molecule has 8 heteroatoms. The maximum absolute atomic E-state index is 7.11. The molecule has 0 saturated carbocycles. The SMILES string of the molecule is CCCSc1ccc2c(c1Cl)C(c1ccccc1Cl)NCc1nnc(CC(C)N(C)C)n1-2. The molecule has 32 heavy (non-hydrogen) atoms. The van der Waals surface area contributed by atoms with Gasteiger partial charge in [-0.2, -0.15) is 0 Å². The molecule has 0 amide bonds. The molecule has 2 atom stereocenters. The van der Waals surface area contributed by atoms with E-state index >= 15 is 0 Å². The Morgan fingerprint density at radius 3 is 2.69 bits per heavy atom. The van der Waals surface area contributed by atoms with Crippen molar-refractivity contribution in [2.75, 3.05) is 19.8 Å². The lowest BCUT2D eigenvalue weighted by Gasteiger charge is -2.24. The molecule has 2 aromatic carbocycles. The molecule has 1 aromatic heterocycles. The van der Waals surface area contributed by atoms with Gasteiger partial charge in [-0.05, 0) is 57.0 Å². The van der Waals surface area contributed by atoms with E-state index in [2.05, 4.69) is 71.1 Å². The van der Waals surface area contributed by atoms with Crippen LogP contribution < -0.4 is 5.32 Å². The summed E-state index contributed by atoms with van der Waals surface area (Å²) in [6.07, 6.45) is 1.88. The van der Waals surface area contributed by atoms with Crippen molar-refractivity contribution in [2.45, 2.75) is 50.2 Å². The minimum Gasteiger partial charge on any atom is -0.306 e. The second-order valence-corrected chi connectivity index (χ2v) is 10.3. The molecule has 1 aliphatic rings. The number of halogens is 2. The first-order chi connectivity index (χ1) is 15.4. The maximum atomic E-state index is 7.11. The monoisotopic (exact) mass is 489 g/mol. The van der Waals surface area contributed by atoms with E-state index in [0.29, 0.717) is 12.6 Å². The van der Waals surface area contributed by atoms with E-state index in [-0.39, 0.29) is 6.04 Å². The molecule has 3 aromatic rings. The van der Waals surface area contributed by atoms with Gasteiger partial charge in [0.05, 0.1) is 23.3 Å². The van der Waals surface area contributed by atoms with Crippen molar-refractivity contribution in [3.05, 3.63) is 69.2 Å². The number of rotatable bonds is 7. The third kappa shape index (κ3) is 4.57. The van der Waals surface area contributed by atoms with Crippen LogP contribution in [0.15, 0.2) is 41.3 Å². The summed E-state index contributed by atoms with van der Waals surface area (Å²) < 4.78 is 2.18. The van der Waals surface area contributed by atoms with Crippen LogP contribution in [0.2, 0.25) is 10.0 Å². The lowest BCUT2D eigenvalue weighted by molar-refractivity contribution is 0.307. The van der Waals surface area contributed by atoms with Crippen LogP contribution in [0.1, 0.15) is 49.1 Å². The highest BCUT2D eigenvalue weighted by molar-refractivity contribution is 7.99. The second-order valence-electron chi connectivity index (χ2n) is 8.38. The molecule has 0 saturated heterocycles. The standard InChI is InChI=1S/C24H29Cl2N5S/c1-5-12-32-19-11-10-18-22(23(19)26)24(16-8-6-7-9-17(16)25)27-14-21-29-28-20(31(18)21)13-15(2)30(3)4/h6-11,15,24,27H,5,12-14H2,1-4H3. The molecule has 0 radical (unpaired) electrons. The Labute approximate surface area is 204 Å². The zero-order valence-corrected chi connectivity index (χ0v) is 21.2. The van der Waals surface area contributed by atoms with Crippen LogP contribution in [-0.2, 0) is 13.0 Å². The summed E-state index contributed by atoms with van der Waals surface area (Å²) in [5.74, 6) is 2.84. The molecule has 1 aliphatic heterocycles. The zero-order chi connectivity index (χ0) is 22.8. The summed E-state index contributed by atoms with van der Waals surface area (Å²) in [4.78, 5) is 3.28. The number of nitrogens with one attached hydrogen (secondary N) is 1. The van der Waals surface area contributed by atoms with Gasteiger partial charge in [-0.25, -0.2) is 0 Å². The fraction of sp³-hybridized carbons (Fsp3) is 0.417. The molecular weight excluding hydrogens is 461 g/mol. The van der Waals surface area contributed by atoms with Crippen LogP contribution >= 0.6 is 35.0 Å². The lowest BCUT2D eigenvalue weighted by atomic mass is 9.97. The average molecular weight is 491 g/mol. The van der Waals surface area contributed by atoms with Gasteiger partial charge in [-0.15, -0.1) is 22.0 Å². The predicted molar refractivity (Wildman–Crippen MR) is 134 cm³/mol. The first-order valence-corrected chi connectivity index (χ1v) is 12.7. The average Bonchev–Trinajstić information content (AvgIpc) is 3.08. The van der Waals surface area contributed by atoms with Gasteiger partial charge >= 0.3 is 0 Å². The third-order valence-electron chi connectivity index (χ3n) is 5.95. The molecule has 0 spiro atoms. The van der Waals surface area contributed by atoms with Crippen LogP contribution in [0, 0.1) is 0 Å². The molecule has 0 bridgehead atoms. The van der Waals surface area contributed by atoms with Gasteiger partial charge in [0.25, 0.3) is 0 Å². The molecule has 4 rings (SSSR count). The van der Waals surface area contributed by atoms with Crippen LogP contribution in [0.5, 0.6) is 0 Å². The normalized spacial score (nSPS) is 16.5. The van der Waals surface area contributed by atoms with Gasteiger partial charge in [0.1, 0.15) is 5.82 Å². The first kappa shape index (κ1) is 23.6. The number of hydrogen-bond acceptors (Lipinski definition) is 5. The highest BCUT2D eigenvalue weighted by Gasteiger charge is 2.31. The van der Waals surface area contributed by atoms with Gasteiger partial charge in [0.15, 0.2) is 5.82 Å². The number of hydrogen-bond donors (Lipinski definition) is 1. The Hall–Kier alpha value is -1.57. The van der Waals surface area contributed by atoms with Gasteiger partial charge in [0.2, 0.25) is 0 Å². The van der Waals surface area contributed by atoms with Crippen molar-refractivity contribution in [2.24, 2.45) is 0 Å². The largest absolute Gasteiger partial charge is 0.306 e. The fourth-order valence-electron chi connectivity index (χ4n) is 3.95. The Morgan fingerprint density at radius 2 is 1.97 bits per heavy atom. The quantitative estimate of drug-likeness (QED) is 0.427. The van der Waals surface area contributed by atoms with Gasteiger partial charge < -0.3 is 4.90 Å². The van der Waals surface area contributed by atoms with Crippen molar-refractivity contribution in [3.8, 4) is 5.69 Å². The van der Waals surface area contributed by atoms with Crippen LogP contribution in [0.4, 0.5) is 0 Å². The summed E-state index contributed by atoms with van der Waals surface area (Å²) in [6, 6.07) is 12.4.